The summed E-state index contributed by atoms with van der Waals surface area (Å²) in [6.07, 6.45) is 3.37. The Morgan fingerprint density at radius 3 is 2.90 bits per heavy atom. The van der Waals surface area contributed by atoms with Crippen molar-refractivity contribution in [3.8, 4) is 0 Å². The van der Waals surface area contributed by atoms with Crippen molar-refractivity contribution >= 4 is 34.0 Å². The molecule has 0 radical (unpaired) electrons. The minimum atomic E-state index is -0.457. The summed E-state index contributed by atoms with van der Waals surface area (Å²) in [6.45, 7) is 1.61. The minimum absolute atomic E-state index is 0.0471. The Morgan fingerprint density at radius 2 is 2.30 bits per heavy atom. The molecular weight excluding hydrogens is 376 g/mol. The lowest BCUT2D eigenvalue weighted by atomic mass is 10.0. The number of anilines is 1. The molecule has 1 atom stereocenters. The highest BCUT2D eigenvalue weighted by atomic mass is 127. The number of nitrogens with one attached hydrogen (secondary N) is 1. The summed E-state index contributed by atoms with van der Waals surface area (Å²) in [7, 11) is 1.77. The van der Waals surface area contributed by atoms with Crippen molar-refractivity contribution in [2.45, 2.75) is 25.3 Å². The second kappa shape index (κ2) is 6.66. The quantitative estimate of drug-likeness (QED) is 0.486. The first-order valence-electron chi connectivity index (χ1n) is 6.57. The van der Waals surface area contributed by atoms with E-state index in [-0.39, 0.29) is 9.26 Å². The van der Waals surface area contributed by atoms with Crippen molar-refractivity contribution in [2.24, 2.45) is 0 Å². The second-order valence-corrected chi connectivity index (χ2v) is 6.20. The number of benzene rings is 1. The molecule has 0 aromatic heterocycles. The van der Waals surface area contributed by atoms with E-state index in [0.717, 1.165) is 19.4 Å². The molecule has 2 rings (SSSR count). The zero-order valence-corrected chi connectivity index (χ0v) is 13.4. The van der Waals surface area contributed by atoms with Crippen molar-refractivity contribution in [3.05, 3.63) is 31.6 Å². The maximum atomic E-state index is 13.7. The van der Waals surface area contributed by atoms with E-state index < -0.39 is 10.7 Å². The van der Waals surface area contributed by atoms with Crippen LogP contribution in [0.4, 0.5) is 15.8 Å². The summed E-state index contributed by atoms with van der Waals surface area (Å²) in [4.78, 5) is 12.4. The molecule has 0 aliphatic carbocycles. The van der Waals surface area contributed by atoms with E-state index in [4.69, 9.17) is 0 Å². The van der Waals surface area contributed by atoms with Gasteiger partial charge in [0.05, 0.1) is 8.49 Å². The highest BCUT2D eigenvalue weighted by Gasteiger charge is 2.23. The van der Waals surface area contributed by atoms with Gasteiger partial charge in [-0.2, -0.15) is 0 Å². The van der Waals surface area contributed by atoms with Crippen LogP contribution < -0.4 is 10.2 Å². The first-order chi connectivity index (χ1) is 9.49. The van der Waals surface area contributed by atoms with E-state index in [0.29, 0.717) is 18.3 Å². The fourth-order valence-corrected chi connectivity index (χ4v) is 2.94. The average molecular weight is 393 g/mol. The van der Waals surface area contributed by atoms with Crippen molar-refractivity contribution < 1.29 is 9.31 Å². The van der Waals surface area contributed by atoms with Gasteiger partial charge in [-0.1, -0.05) is 6.42 Å². The van der Waals surface area contributed by atoms with Gasteiger partial charge in [0.15, 0.2) is 0 Å². The van der Waals surface area contributed by atoms with Crippen LogP contribution in [0, 0.1) is 19.5 Å². The highest BCUT2D eigenvalue weighted by Crippen LogP contribution is 2.31. The molecule has 0 amide bonds. The monoisotopic (exact) mass is 393 g/mol. The van der Waals surface area contributed by atoms with Gasteiger partial charge in [-0.05, 0) is 42.0 Å². The lowest BCUT2D eigenvalue weighted by Gasteiger charge is -2.29. The minimum Gasteiger partial charge on any atom is -0.367 e. The van der Waals surface area contributed by atoms with Gasteiger partial charge in [0, 0.05) is 31.8 Å². The third-order valence-corrected chi connectivity index (χ3v) is 4.36. The van der Waals surface area contributed by atoms with Crippen molar-refractivity contribution in [2.75, 3.05) is 25.0 Å². The van der Waals surface area contributed by atoms with Gasteiger partial charge in [-0.3, -0.25) is 10.1 Å². The highest BCUT2D eigenvalue weighted by molar-refractivity contribution is 14.1. The molecule has 1 aliphatic heterocycles. The maximum Gasteiger partial charge on any atom is 0.293 e. The number of nitrogens with zero attached hydrogens (tertiary/aromatic N) is 2. The van der Waals surface area contributed by atoms with Crippen LogP contribution in [0.5, 0.6) is 0 Å². The molecule has 1 N–H and O–H groups in total. The lowest BCUT2D eigenvalue weighted by Crippen LogP contribution is -2.42. The van der Waals surface area contributed by atoms with Crippen LogP contribution in [-0.2, 0) is 0 Å². The van der Waals surface area contributed by atoms with Crippen LogP contribution in [0.3, 0.4) is 0 Å². The molecule has 1 unspecified atom stereocenters. The zero-order chi connectivity index (χ0) is 14.7. The SMILES string of the molecule is CN(CC1CCCCN1)c1cc(F)c(I)cc1[N+](=O)[O-]. The van der Waals surface area contributed by atoms with E-state index in [2.05, 4.69) is 5.32 Å². The molecule has 1 heterocycles. The third kappa shape index (κ3) is 3.57. The Kier molecular flexibility index (Phi) is 5.14. The van der Waals surface area contributed by atoms with Crippen LogP contribution >= 0.6 is 22.6 Å². The Bertz CT molecular complexity index is 507. The van der Waals surface area contributed by atoms with Gasteiger partial charge in [0.1, 0.15) is 11.5 Å². The molecular formula is C13H17FIN3O2. The van der Waals surface area contributed by atoms with Crippen LogP contribution in [0.2, 0.25) is 0 Å². The smallest absolute Gasteiger partial charge is 0.293 e. The Balaban J connectivity index is 2.21. The molecule has 110 valence electrons. The first-order valence-corrected chi connectivity index (χ1v) is 7.65. The number of rotatable bonds is 4. The van der Waals surface area contributed by atoms with Crippen LogP contribution in [0.25, 0.3) is 0 Å². The summed E-state index contributed by atoms with van der Waals surface area (Å²) in [5, 5.41) is 14.5. The second-order valence-electron chi connectivity index (χ2n) is 5.04. The lowest BCUT2D eigenvalue weighted by molar-refractivity contribution is -0.384. The number of nitro benzene ring substituents is 1. The molecule has 1 aromatic carbocycles. The fraction of sp³-hybridized carbons (Fsp3) is 0.538. The Labute approximate surface area is 130 Å². The van der Waals surface area contributed by atoms with Crippen LogP contribution in [-0.4, -0.2) is 31.1 Å². The fourth-order valence-electron chi connectivity index (χ4n) is 2.49. The van der Waals surface area contributed by atoms with Gasteiger partial charge < -0.3 is 10.2 Å². The van der Waals surface area contributed by atoms with E-state index in [1.807, 2.05) is 0 Å². The largest absolute Gasteiger partial charge is 0.367 e. The third-order valence-electron chi connectivity index (χ3n) is 3.53. The van der Waals surface area contributed by atoms with E-state index in [1.54, 1.807) is 34.5 Å². The van der Waals surface area contributed by atoms with Crippen LogP contribution in [0.15, 0.2) is 12.1 Å². The van der Waals surface area contributed by atoms with Gasteiger partial charge >= 0.3 is 0 Å². The molecule has 7 heteroatoms. The molecule has 0 bridgehead atoms. The molecule has 1 aliphatic rings. The maximum absolute atomic E-state index is 13.7. The normalized spacial score (nSPS) is 18.9. The number of piperidine rings is 1. The van der Waals surface area contributed by atoms with Gasteiger partial charge in [-0.25, -0.2) is 4.39 Å². The molecule has 5 nitrogen and oxygen atoms in total. The molecule has 1 fully saturated rings. The van der Waals surface area contributed by atoms with E-state index in [1.165, 1.54) is 18.6 Å². The predicted molar refractivity (Wildman–Crippen MR) is 84.7 cm³/mol. The molecule has 1 aromatic rings. The topological polar surface area (TPSA) is 58.4 Å². The van der Waals surface area contributed by atoms with Gasteiger partial charge in [0.25, 0.3) is 5.69 Å². The summed E-state index contributed by atoms with van der Waals surface area (Å²) in [5.74, 6) is -0.422. The first kappa shape index (κ1) is 15.4. The summed E-state index contributed by atoms with van der Waals surface area (Å²) >= 11 is 1.77. The standard InChI is InChI=1S/C13H17FIN3O2/c1-17(8-9-4-2-3-5-16-9)12-6-10(14)11(15)7-13(12)18(19)20/h6-7,9,16H,2-5,8H2,1H3. The summed E-state index contributed by atoms with van der Waals surface area (Å²) in [6, 6.07) is 2.84. The molecule has 1 saturated heterocycles. The zero-order valence-electron chi connectivity index (χ0n) is 11.2. The van der Waals surface area contributed by atoms with Gasteiger partial charge in [-0.15, -0.1) is 0 Å². The number of hydrogen-bond donors (Lipinski definition) is 1. The van der Waals surface area contributed by atoms with E-state index >= 15 is 0 Å². The molecule has 20 heavy (non-hydrogen) atoms. The van der Waals surface area contributed by atoms with E-state index in [9.17, 15) is 14.5 Å². The Hall–Kier alpha value is -0.960. The van der Waals surface area contributed by atoms with Gasteiger partial charge in [0.2, 0.25) is 0 Å². The van der Waals surface area contributed by atoms with Crippen molar-refractivity contribution in [3.63, 3.8) is 0 Å². The number of likely N-dealkylation sites (N-methyl/N-ethyl adjacent to an activating group) is 1. The van der Waals surface area contributed by atoms with Crippen molar-refractivity contribution in [1.82, 2.24) is 5.32 Å². The molecule has 0 saturated carbocycles. The van der Waals surface area contributed by atoms with Crippen LogP contribution in [0.1, 0.15) is 19.3 Å². The number of hydrogen-bond acceptors (Lipinski definition) is 4. The average Bonchev–Trinajstić information content (AvgIpc) is 2.42. The number of halogens is 2. The summed E-state index contributed by atoms with van der Waals surface area (Å²) in [5.41, 5.74) is 0.286. The summed E-state index contributed by atoms with van der Waals surface area (Å²) < 4.78 is 14.0. The van der Waals surface area contributed by atoms with Crippen molar-refractivity contribution in [1.29, 1.82) is 0 Å². The molecule has 0 spiro atoms. The Morgan fingerprint density at radius 1 is 1.55 bits per heavy atom. The predicted octanol–water partition coefficient (Wildman–Crippen LogP) is 2.92. The number of nitro groups is 1.